The van der Waals surface area contributed by atoms with Crippen molar-refractivity contribution < 1.29 is 17.6 Å². The minimum atomic E-state index is -3.93. The van der Waals surface area contributed by atoms with Crippen LogP contribution in [0.1, 0.15) is 12.0 Å². The second-order valence-electron chi connectivity index (χ2n) is 7.42. The average molecular weight is 418 g/mol. The quantitative estimate of drug-likeness (QED) is 0.763. The number of halogens is 1. The van der Waals surface area contributed by atoms with Gasteiger partial charge in [0.25, 0.3) is 0 Å². The molecule has 0 spiro atoms. The molecule has 0 aromatic heterocycles. The molecular weight excluding hydrogens is 393 g/mol. The summed E-state index contributed by atoms with van der Waals surface area (Å²) in [6.07, 6.45) is 0.401. The molecule has 0 aliphatic carbocycles. The summed E-state index contributed by atoms with van der Waals surface area (Å²) in [5.74, 6) is -0.718. The number of nitrogens with zero attached hydrogens (tertiary/aromatic N) is 3. The molecule has 1 atom stereocenters. The summed E-state index contributed by atoms with van der Waals surface area (Å²) in [6.45, 7) is 2.79. The number of amides is 1. The molecule has 2 aromatic carbocycles. The van der Waals surface area contributed by atoms with E-state index in [9.17, 15) is 17.6 Å². The normalized spacial score (nSPS) is 21.6. The number of rotatable bonds is 4. The Morgan fingerprint density at radius 3 is 2.34 bits per heavy atom. The third-order valence-corrected chi connectivity index (χ3v) is 7.59. The Labute approximate surface area is 170 Å². The monoisotopic (exact) mass is 417 g/mol. The Hall–Kier alpha value is -2.29. The van der Waals surface area contributed by atoms with Gasteiger partial charge in [0.15, 0.2) is 0 Å². The zero-order valence-electron chi connectivity index (χ0n) is 16.1. The number of sulfonamides is 1. The zero-order valence-corrected chi connectivity index (χ0v) is 16.9. The summed E-state index contributed by atoms with van der Waals surface area (Å²) in [5.41, 5.74) is 1.08. The summed E-state index contributed by atoms with van der Waals surface area (Å²) in [6, 6.07) is 14.9. The van der Waals surface area contributed by atoms with E-state index in [1.807, 2.05) is 35.2 Å². The first-order chi connectivity index (χ1) is 14.0. The highest BCUT2D eigenvalue weighted by molar-refractivity contribution is 7.89. The molecule has 2 aliphatic rings. The topological polar surface area (TPSA) is 60.9 Å². The lowest BCUT2D eigenvalue weighted by Crippen LogP contribution is -2.56. The van der Waals surface area contributed by atoms with Crippen molar-refractivity contribution in [2.45, 2.75) is 23.9 Å². The Morgan fingerprint density at radius 2 is 1.59 bits per heavy atom. The Bertz CT molecular complexity index is 984. The summed E-state index contributed by atoms with van der Waals surface area (Å²) >= 11 is 0. The first-order valence-corrected chi connectivity index (χ1v) is 11.2. The highest BCUT2D eigenvalue weighted by Gasteiger charge is 2.39. The van der Waals surface area contributed by atoms with Gasteiger partial charge in [-0.1, -0.05) is 42.5 Å². The van der Waals surface area contributed by atoms with Gasteiger partial charge in [0, 0.05) is 39.3 Å². The van der Waals surface area contributed by atoms with Crippen LogP contribution in [-0.4, -0.2) is 67.2 Å². The van der Waals surface area contributed by atoms with Crippen LogP contribution in [-0.2, 0) is 21.4 Å². The van der Waals surface area contributed by atoms with Gasteiger partial charge < -0.3 is 4.90 Å². The van der Waals surface area contributed by atoms with Crippen LogP contribution in [0.3, 0.4) is 0 Å². The van der Waals surface area contributed by atoms with Crippen LogP contribution in [0.5, 0.6) is 0 Å². The predicted octanol–water partition coefficient (Wildman–Crippen LogP) is 1.93. The molecule has 1 unspecified atom stereocenters. The van der Waals surface area contributed by atoms with Crippen LogP contribution in [0.15, 0.2) is 59.5 Å². The van der Waals surface area contributed by atoms with E-state index >= 15 is 0 Å². The molecule has 8 heteroatoms. The third kappa shape index (κ3) is 4.05. The lowest BCUT2D eigenvalue weighted by Gasteiger charge is -2.39. The number of hydrogen-bond donors (Lipinski definition) is 0. The number of hydrogen-bond acceptors (Lipinski definition) is 4. The van der Waals surface area contributed by atoms with Gasteiger partial charge in [0.05, 0.1) is 6.04 Å². The number of carbonyl (C=O) groups excluding carboxylic acids is 1. The fourth-order valence-corrected chi connectivity index (χ4v) is 5.58. The van der Waals surface area contributed by atoms with E-state index < -0.39 is 15.8 Å². The van der Waals surface area contributed by atoms with Crippen LogP contribution in [0.4, 0.5) is 4.39 Å². The number of benzene rings is 2. The number of carbonyl (C=O) groups is 1. The fraction of sp³-hybridized carbons (Fsp3) is 0.381. The molecule has 0 N–H and O–H groups in total. The molecular formula is C21H24FN3O3S. The zero-order chi connectivity index (χ0) is 20.4. The van der Waals surface area contributed by atoms with E-state index in [0.717, 1.165) is 11.6 Å². The van der Waals surface area contributed by atoms with Crippen molar-refractivity contribution in [3.05, 3.63) is 66.0 Å². The van der Waals surface area contributed by atoms with E-state index in [1.54, 1.807) is 0 Å². The molecule has 2 saturated heterocycles. The van der Waals surface area contributed by atoms with Gasteiger partial charge in [-0.05, 0) is 24.1 Å². The summed E-state index contributed by atoms with van der Waals surface area (Å²) < 4.78 is 41.2. The lowest BCUT2D eigenvalue weighted by molar-refractivity contribution is -0.142. The van der Waals surface area contributed by atoms with Crippen molar-refractivity contribution in [3.8, 4) is 0 Å². The maximum atomic E-state index is 14.1. The van der Waals surface area contributed by atoms with Crippen LogP contribution in [0, 0.1) is 5.82 Å². The molecule has 4 rings (SSSR count). The van der Waals surface area contributed by atoms with Crippen molar-refractivity contribution in [1.29, 1.82) is 0 Å². The molecule has 2 heterocycles. The van der Waals surface area contributed by atoms with E-state index in [-0.39, 0.29) is 29.9 Å². The summed E-state index contributed by atoms with van der Waals surface area (Å²) in [5, 5.41) is 0. The van der Waals surface area contributed by atoms with Crippen LogP contribution in [0.2, 0.25) is 0 Å². The predicted molar refractivity (Wildman–Crippen MR) is 107 cm³/mol. The molecule has 0 radical (unpaired) electrons. The van der Waals surface area contributed by atoms with Crippen LogP contribution < -0.4 is 0 Å². The maximum Gasteiger partial charge on any atom is 0.246 e. The van der Waals surface area contributed by atoms with Gasteiger partial charge in [0.2, 0.25) is 15.9 Å². The minimum absolute atomic E-state index is 0.0326. The van der Waals surface area contributed by atoms with Crippen molar-refractivity contribution in [3.63, 3.8) is 0 Å². The molecule has 2 fully saturated rings. The first-order valence-electron chi connectivity index (χ1n) is 9.78. The van der Waals surface area contributed by atoms with Gasteiger partial charge in [0.1, 0.15) is 10.7 Å². The summed E-state index contributed by atoms with van der Waals surface area (Å²) in [4.78, 5) is 16.6. The fourth-order valence-electron chi connectivity index (χ4n) is 4.07. The van der Waals surface area contributed by atoms with E-state index in [4.69, 9.17) is 0 Å². The highest BCUT2D eigenvalue weighted by atomic mass is 32.2. The minimum Gasteiger partial charge on any atom is -0.336 e. The molecule has 0 bridgehead atoms. The largest absolute Gasteiger partial charge is 0.336 e. The lowest BCUT2D eigenvalue weighted by atomic mass is 10.1. The second-order valence-corrected chi connectivity index (χ2v) is 9.33. The number of fused-ring (bicyclic) bond motifs is 1. The van der Waals surface area contributed by atoms with Crippen LogP contribution >= 0.6 is 0 Å². The summed E-state index contributed by atoms with van der Waals surface area (Å²) in [7, 11) is -3.93. The van der Waals surface area contributed by atoms with Crippen molar-refractivity contribution in [1.82, 2.24) is 14.1 Å². The van der Waals surface area contributed by atoms with Gasteiger partial charge in [-0.3, -0.25) is 9.69 Å². The van der Waals surface area contributed by atoms with E-state index in [2.05, 4.69) is 4.90 Å². The standard InChI is InChI=1S/C21H24FN3O3S/c22-18-8-4-5-9-20(18)29(27,28)25-11-10-19-21(26)24(13-12-23(19)14-15-25)16-17-6-2-1-3-7-17/h1-9,19H,10-16H2. The van der Waals surface area contributed by atoms with E-state index in [1.165, 1.54) is 22.5 Å². The number of piperazine rings is 1. The Morgan fingerprint density at radius 1 is 0.897 bits per heavy atom. The average Bonchev–Trinajstić information content (AvgIpc) is 2.95. The molecule has 6 nitrogen and oxygen atoms in total. The van der Waals surface area contributed by atoms with Crippen LogP contribution in [0.25, 0.3) is 0 Å². The highest BCUT2D eigenvalue weighted by Crippen LogP contribution is 2.24. The van der Waals surface area contributed by atoms with Crippen molar-refractivity contribution in [2.75, 3.05) is 32.7 Å². The van der Waals surface area contributed by atoms with E-state index in [0.29, 0.717) is 32.6 Å². The molecule has 154 valence electrons. The van der Waals surface area contributed by atoms with Gasteiger partial charge >= 0.3 is 0 Å². The Balaban J connectivity index is 1.48. The third-order valence-electron chi connectivity index (χ3n) is 5.65. The molecule has 2 aromatic rings. The Kier molecular flexibility index (Phi) is 5.67. The molecule has 0 saturated carbocycles. The maximum absolute atomic E-state index is 14.1. The smallest absolute Gasteiger partial charge is 0.246 e. The van der Waals surface area contributed by atoms with Crippen molar-refractivity contribution in [2.24, 2.45) is 0 Å². The van der Waals surface area contributed by atoms with Gasteiger partial charge in [-0.15, -0.1) is 0 Å². The first kappa shape index (κ1) is 20.0. The van der Waals surface area contributed by atoms with Gasteiger partial charge in [-0.2, -0.15) is 4.31 Å². The van der Waals surface area contributed by atoms with Crippen molar-refractivity contribution >= 4 is 15.9 Å². The SMILES string of the molecule is O=C1C2CCN(S(=O)(=O)c3ccccc3F)CCN2CCN1Cc1ccccc1. The van der Waals surface area contributed by atoms with Gasteiger partial charge in [-0.25, -0.2) is 12.8 Å². The molecule has 1 amide bonds. The molecule has 29 heavy (non-hydrogen) atoms. The molecule has 2 aliphatic heterocycles. The second kappa shape index (κ2) is 8.22.